The van der Waals surface area contributed by atoms with Gasteiger partial charge in [0.1, 0.15) is 5.71 Å². The highest BCUT2D eigenvalue weighted by Crippen LogP contribution is 2.38. The van der Waals surface area contributed by atoms with Crippen LogP contribution >= 0.6 is 0 Å². The van der Waals surface area contributed by atoms with Gasteiger partial charge in [0.25, 0.3) is 0 Å². The van der Waals surface area contributed by atoms with Crippen molar-refractivity contribution in [2.75, 3.05) is 21.3 Å². The van der Waals surface area contributed by atoms with Gasteiger partial charge in [0.15, 0.2) is 11.5 Å². The molecule has 0 unspecified atom stereocenters. The number of nitrogens with zero attached hydrogens (tertiary/aromatic N) is 1. The van der Waals surface area contributed by atoms with Gasteiger partial charge < -0.3 is 24.4 Å². The van der Waals surface area contributed by atoms with Crippen molar-refractivity contribution < 1.29 is 19.4 Å². The highest BCUT2D eigenvalue weighted by atomic mass is 16.5. The lowest BCUT2D eigenvalue weighted by atomic mass is 10.1. The number of oxime groups is 1. The van der Waals surface area contributed by atoms with Gasteiger partial charge in [0.2, 0.25) is 5.75 Å². The summed E-state index contributed by atoms with van der Waals surface area (Å²) in [6.45, 7) is 0. The summed E-state index contributed by atoms with van der Waals surface area (Å²) in [7, 11) is 4.62. The summed E-state index contributed by atoms with van der Waals surface area (Å²) in [6.07, 6.45) is 5.51. The van der Waals surface area contributed by atoms with Gasteiger partial charge in [0, 0.05) is 17.3 Å². The highest BCUT2D eigenvalue weighted by Gasteiger charge is 2.15. The molecule has 0 fully saturated rings. The number of methoxy groups -OCH3 is 3. The number of hydrogen-bond donors (Lipinski definition) is 2. The lowest BCUT2D eigenvalue weighted by molar-refractivity contribution is 0.319. The molecule has 0 aliphatic carbocycles. The maximum absolute atomic E-state index is 9.47. The van der Waals surface area contributed by atoms with Crippen molar-refractivity contribution in [3.63, 3.8) is 0 Å². The highest BCUT2D eigenvalue weighted by molar-refractivity contribution is 6.11. The summed E-state index contributed by atoms with van der Waals surface area (Å²) >= 11 is 0. The maximum atomic E-state index is 9.47. The first kappa shape index (κ1) is 17.4. The van der Waals surface area contributed by atoms with E-state index in [1.807, 2.05) is 36.5 Å². The molecule has 0 aliphatic rings. The average molecular weight is 352 g/mol. The second-order valence-electron chi connectivity index (χ2n) is 5.56. The fraction of sp³-hybridized carbons (Fsp3) is 0.150. The van der Waals surface area contributed by atoms with Crippen molar-refractivity contribution >= 4 is 22.7 Å². The van der Waals surface area contributed by atoms with Gasteiger partial charge in [0.05, 0.1) is 21.3 Å². The minimum absolute atomic E-state index is 0.374. The normalized spacial score (nSPS) is 11.9. The molecule has 0 saturated heterocycles. The predicted octanol–water partition coefficient (Wildman–Crippen LogP) is 4.09. The molecule has 2 N–H and O–H groups in total. The van der Waals surface area contributed by atoms with E-state index in [0.717, 1.165) is 16.5 Å². The lowest BCUT2D eigenvalue weighted by Crippen LogP contribution is -2.01. The molecule has 0 amide bonds. The van der Waals surface area contributed by atoms with Crippen LogP contribution in [-0.2, 0) is 0 Å². The molecule has 1 heterocycles. The van der Waals surface area contributed by atoms with Crippen LogP contribution in [-0.4, -0.2) is 37.2 Å². The Kier molecular flexibility index (Phi) is 5.12. The molecule has 6 nitrogen and oxygen atoms in total. The molecule has 0 radical (unpaired) electrons. The monoisotopic (exact) mass is 352 g/mol. The van der Waals surface area contributed by atoms with Crippen LogP contribution in [0.15, 0.2) is 53.8 Å². The molecule has 3 rings (SSSR count). The largest absolute Gasteiger partial charge is 0.493 e. The Morgan fingerprint density at radius 3 is 2.35 bits per heavy atom. The zero-order valence-electron chi connectivity index (χ0n) is 14.8. The molecule has 0 aliphatic heterocycles. The molecule has 134 valence electrons. The summed E-state index contributed by atoms with van der Waals surface area (Å²) in [5, 5.41) is 14.0. The SMILES string of the molecule is COc1cc(C(/C=C/c2ccc3[nH]ccc3c2)=N/O)cc(OC)c1OC. The first-order chi connectivity index (χ1) is 12.7. The van der Waals surface area contributed by atoms with Crippen LogP contribution in [0.4, 0.5) is 0 Å². The van der Waals surface area contributed by atoms with Gasteiger partial charge in [-0.1, -0.05) is 17.3 Å². The quantitative estimate of drug-likeness (QED) is 0.398. The zero-order valence-corrected chi connectivity index (χ0v) is 14.8. The van der Waals surface area contributed by atoms with Crippen LogP contribution in [0.2, 0.25) is 0 Å². The minimum atomic E-state index is 0.374. The molecular weight excluding hydrogens is 332 g/mol. The standard InChI is InChI=1S/C20H20N2O4/c1-24-18-11-15(12-19(25-2)20(18)26-3)17(22-23)7-5-13-4-6-16-14(10-13)8-9-21-16/h4-12,21,23H,1-3H3/b7-5+,22-17+. The van der Waals surface area contributed by atoms with E-state index in [1.54, 1.807) is 32.4 Å². The number of nitrogens with one attached hydrogen (secondary N) is 1. The van der Waals surface area contributed by atoms with Crippen molar-refractivity contribution in [3.8, 4) is 17.2 Å². The van der Waals surface area contributed by atoms with Gasteiger partial charge in [-0.3, -0.25) is 0 Å². The number of hydrogen-bond acceptors (Lipinski definition) is 5. The summed E-state index contributed by atoms with van der Waals surface area (Å²) < 4.78 is 16.0. The van der Waals surface area contributed by atoms with Crippen LogP contribution in [0.1, 0.15) is 11.1 Å². The number of H-pyrrole nitrogens is 1. The van der Waals surface area contributed by atoms with Crippen LogP contribution in [0, 0.1) is 0 Å². The topological polar surface area (TPSA) is 76.1 Å². The Bertz CT molecular complexity index is 948. The Hall–Kier alpha value is -3.41. The number of aromatic amines is 1. The van der Waals surface area contributed by atoms with E-state index in [0.29, 0.717) is 28.5 Å². The molecular formula is C20H20N2O4. The molecule has 1 aromatic heterocycles. The smallest absolute Gasteiger partial charge is 0.203 e. The summed E-state index contributed by atoms with van der Waals surface area (Å²) in [6, 6.07) is 11.5. The molecule has 3 aromatic rings. The van der Waals surface area contributed by atoms with Crippen LogP contribution in [0.3, 0.4) is 0 Å². The van der Waals surface area contributed by atoms with Crippen molar-refractivity contribution in [1.82, 2.24) is 4.98 Å². The second-order valence-corrected chi connectivity index (χ2v) is 5.56. The van der Waals surface area contributed by atoms with Crippen molar-refractivity contribution in [1.29, 1.82) is 0 Å². The van der Waals surface area contributed by atoms with Crippen molar-refractivity contribution in [2.24, 2.45) is 5.16 Å². The van der Waals surface area contributed by atoms with E-state index in [2.05, 4.69) is 10.1 Å². The number of allylic oxidation sites excluding steroid dienone is 1. The maximum Gasteiger partial charge on any atom is 0.203 e. The molecule has 0 saturated carbocycles. The van der Waals surface area contributed by atoms with Crippen LogP contribution in [0.5, 0.6) is 17.2 Å². The molecule has 0 spiro atoms. The summed E-state index contributed by atoms with van der Waals surface area (Å²) in [5.41, 5.74) is 3.08. The van der Waals surface area contributed by atoms with E-state index in [4.69, 9.17) is 14.2 Å². The third kappa shape index (κ3) is 3.35. The molecule has 0 atom stereocenters. The number of rotatable bonds is 6. The Morgan fingerprint density at radius 1 is 1.00 bits per heavy atom. The van der Waals surface area contributed by atoms with E-state index in [1.165, 1.54) is 7.11 Å². The third-order valence-electron chi connectivity index (χ3n) is 4.08. The van der Waals surface area contributed by atoms with Gasteiger partial charge in [-0.15, -0.1) is 0 Å². The van der Waals surface area contributed by atoms with Gasteiger partial charge >= 0.3 is 0 Å². The molecule has 0 bridgehead atoms. The number of ether oxygens (including phenoxy) is 3. The Morgan fingerprint density at radius 2 is 1.73 bits per heavy atom. The Balaban J connectivity index is 1.95. The fourth-order valence-electron chi connectivity index (χ4n) is 2.77. The van der Waals surface area contributed by atoms with Gasteiger partial charge in [-0.05, 0) is 47.4 Å². The molecule has 26 heavy (non-hydrogen) atoms. The average Bonchev–Trinajstić information content (AvgIpc) is 3.15. The lowest BCUT2D eigenvalue weighted by Gasteiger charge is -2.13. The number of benzene rings is 2. The number of fused-ring (bicyclic) bond motifs is 1. The van der Waals surface area contributed by atoms with Crippen molar-refractivity contribution in [2.45, 2.75) is 0 Å². The van der Waals surface area contributed by atoms with Gasteiger partial charge in [-0.2, -0.15) is 0 Å². The molecule has 2 aromatic carbocycles. The second kappa shape index (κ2) is 7.65. The zero-order chi connectivity index (χ0) is 18.5. The van der Waals surface area contributed by atoms with E-state index >= 15 is 0 Å². The first-order valence-corrected chi connectivity index (χ1v) is 7.97. The van der Waals surface area contributed by atoms with Crippen LogP contribution < -0.4 is 14.2 Å². The van der Waals surface area contributed by atoms with E-state index in [9.17, 15) is 5.21 Å². The third-order valence-corrected chi connectivity index (χ3v) is 4.08. The van der Waals surface area contributed by atoms with E-state index in [-0.39, 0.29) is 0 Å². The molecule has 6 heteroatoms. The Labute approximate surface area is 151 Å². The number of aromatic nitrogens is 1. The summed E-state index contributed by atoms with van der Waals surface area (Å²) in [5.74, 6) is 1.47. The predicted molar refractivity (Wildman–Crippen MR) is 102 cm³/mol. The van der Waals surface area contributed by atoms with Crippen LogP contribution in [0.25, 0.3) is 17.0 Å². The minimum Gasteiger partial charge on any atom is -0.493 e. The summed E-state index contributed by atoms with van der Waals surface area (Å²) in [4.78, 5) is 3.16. The van der Waals surface area contributed by atoms with Crippen molar-refractivity contribution in [3.05, 3.63) is 59.8 Å². The first-order valence-electron chi connectivity index (χ1n) is 7.97. The van der Waals surface area contributed by atoms with E-state index < -0.39 is 0 Å². The van der Waals surface area contributed by atoms with Gasteiger partial charge in [-0.25, -0.2) is 0 Å². The fourth-order valence-corrected chi connectivity index (χ4v) is 2.77.